The molecule has 1 aromatic rings. The Labute approximate surface area is 125 Å². The second kappa shape index (κ2) is 5.55. The molecule has 0 aliphatic carbocycles. The minimum atomic E-state index is -3.03. The van der Waals surface area contributed by atoms with E-state index >= 15 is 0 Å². The summed E-state index contributed by atoms with van der Waals surface area (Å²) >= 11 is 0. The third kappa shape index (κ3) is 3.20. The van der Waals surface area contributed by atoms with E-state index in [1.54, 1.807) is 12.1 Å². The van der Waals surface area contributed by atoms with E-state index in [0.717, 1.165) is 31.9 Å². The van der Waals surface area contributed by atoms with Crippen molar-refractivity contribution in [3.63, 3.8) is 0 Å². The average Bonchev–Trinajstić information content (AvgIpc) is 2.37. The molecule has 0 unspecified atom stereocenters. The fourth-order valence-corrected chi connectivity index (χ4v) is 3.80. The summed E-state index contributed by atoms with van der Waals surface area (Å²) in [5, 5.41) is 0. The molecule has 0 bridgehead atoms. The summed E-state index contributed by atoms with van der Waals surface area (Å²) < 4.78 is 37.2. The van der Waals surface area contributed by atoms with Gasteiger partial charge in [0.15, 0.2) is 0 Å². The van der Waals surface area contributed by atoms with Gasteiger partial charge in [0.25, 0.3) is 0 Å². The van der Waals surface area contributed by atoms with Crippen molar-refractivity contribution in [2.24, 2.45) is 0 Å². The first-order valence-electron chi connectivity index (χ1n) is 7.13. The molecule has 0 N–H and O–H groups in total. The third-order valence-electron chi connectivity index (χ3n) is 4.32. The van der Waals surface area contributed by atoms with E-state index in [4.69, 9.17) is 0 Å². The van der Waals surface area contributed by atoms with Gasteiger partial charge in [0.1, 0.15) is 5.82 Å². The maximum Gasteiger partial charge on any atom is 0.211 e. The smallest absolute Gasteiger partial charge is 0.211 e. The highest BCUT2D eigenvalue weighted by molar-refractivity contribution is 7.88. The van der Waals surface area contributed by atoms with Crippen LogP contribution in [0.5, 0.6) is 0 Å². The van der Waals surface area contributed by atoms with Gasteiger partial charge in [-0.1, -0.05) is 0 Å². The number of rotatable bonds is 3. The molecular weight excluding hydrogens is 293 g/mol. The van der Waals surface area contributed by atoms with Gasteiger partial charge in [-0.15, -0.1) is 0 Å². The van der Waals surface area contributed by atoms with E-state index in [1.807, 2.05) is 0 Å². The molecule has 0 atom stereocenters. The van der Waals surface area contributed by atoms with Gasteiger partial charge in [0.05, 0.1) is 6.26 Å². The first-order chi connectivity index (χ1) is 9.93. The van der Waals surface area contributed by atoms with Gasteiger partial charge in [0.2, 0.25) is 10.0 Å². The summed E-state index contributed by atoms with van der Waals surface area (Å²) in [4.78, 5) is 4.59. The molecule has 0 amide bonds. The van der Waals surface area contributed by atoms with Gasteiger partial charge < -0.3 is 4.90 Å². The summed E-state index contributed by atoms with van der Waals surface area (Å²) in [6.45, 7) is 4.83. The molecule has 0 spiro atoms. The number of hydrogen-bond acceptors (Lipinski definition) is 4. The Morgan fingerprint density at radius 2 is 1.62 bits per heavy atom. The van der Waals surface area contributed by atoms with Crippen LogP contribution in [0.25, 0.3) is 0 Å². The number of halogens is 1. The Bertz CT molecular complexity index is 591. The predicted molar refractivity (Wildman–Crippen MR) is 80.4 cm³/mol. The maximum atomic E-state index is 12.9. The Morgan fingerprint density at radius 1 is 1.05 bits per heavy atom. The van der Waals surface area contributed by atoms with Gasteiger partial charge in [-0.2, -0.15) is 4.31 Å². The fraction of sp³-hybridized carbons (Fsp3) is 0.571. The van der Waals surface area contributed by atoms with E-state index in [1.165, 1.54) is 22.7 Å². The normalized spacial score (nSPS) is 22.3. The van der Waals surface area contributed by atoms with E-state index in [-0.39, 0.29) is 5.82 Å². The molecule has 0 radical (unpaired) electrons. The maximum absolute atomic E-state index is 12.9. The number of hydrogen-bond donors (Lipinski definition) is 0. The van der Waals surface area contributed by atoms with Crippen molar-refractivity contribution in [2.75, 3.05) is 50.4 Å². The monoisotopic (exact) mass is 313 g/mol. The zero-order valence-electron chi connectivity index (χ0n) is 12.1. The quantitative estimate of drug-likeness (QED) is 0.819. The molecular formula is C14H20FN3O2S. The highest BCUT2D eigenvalue weighted by Crippen LogP contribution is 2.22. The molecule has 2 heterocycles. The van der Waals surface area contributed by atoms with Crippen molar-refractivity contribution in [3.8, 4) is 0 Å². The number of nitrogens with zero attached hydrogens (tertiary/aromatic N) is 3. The summed E-state index contributed by atoms with van der Waals surface area (Å²) in [6, 6.07) is 6.92. The van der Waals surface area contributed by atoms with Crippen LogP contribution in [0, 0.1) is 5.82 Å². The van der Waals surface area contributed by atoms with Crippen LogP contribution >= 0.6 is 0 Å². The highest BCUT2D eigenvalue weighted by atomic mass is 32.2. The molecule has 2 aliphatic rings. The van der Waals surface area contributed by atoms with Crippen LogP contribution in [0.4, 0.5) is 10.1 Å². The van der Waals surface area contributed by atoms with Crippen LogP contribution in [-0.4, -0.2) is 69.2 Å². The van der Waals surface area contributed by atoms with Crippen molar-refractivity contribution in [1.29, 1.82) is 0 Å². The van der Waals surface area contributed by atoms with Crippen molar-refractivity contribution < 1.29 is 12.8 Å². The van der Waals surface area contributed by atoms with E-state index < -0.39 is 10.0 Å². The molecule has 7 heteroatoms. The largest absolute Gasteiger partial charge is 0.369 e. The minimum absolute atomic E-state index is 0.215. The Morgan fingerprint density at radius 3 is 2.14 bits per heavy atom. The van der Waals surface area contributed by atoms with Gasteiger partial charge in [-0.3, -0.25) is 4.90 Å². The summed E-state index contributed by atoms with van der Waals surface area (Å²) in [5.74, 6) is -0.215. The van der Waals surface area contributed by atoms with Crippen LogP contribution in [0.2, 0.25) is 0 Å². The highest BCUT2D eigenvalue weighted by Gasteiger charge is 2.37. The summed E-state index contributed by atoms with van der Waals surface area (Å²) in [5.41, 5.74) is 1.04. The molecule has 2 aliphatic heterocycles. The Kier molecular flexibility index (Phi) is 3.90. The van der Waals surface area contributed by atoms with Crippen molar-refractivity contribution in [3.05, 3.63) is 30.1 Å². The molecule has 0 saturated carbocycles. The van der Waals surface area contributed by atoms with E-state index in [9.17, 15) is 12.8 Å². The predicted octanol–water partition coefficient (Wildman–Crippen LogP) is 0.591. The SMILES string of the molecule is CS(=O)(=O)N1CC(N2CCN(c3ccc(F)cc3)CC2)C1. The molecule has 0 aromatic heterocycles. The van der Waals surface area contributed by atoms with Crippen LogP contribution in [-0.2, 0) is 10.0 Å². The number of sulfonamides is 1. The summed E-state index contributed by atoms with van der Waals surface area (Å²) in [6.07, 6.45) is 1.26. The molecule has 3 rings (SSSR count). The average molecular weight is 313 g/mol. The fourth-order valence-electron chi connectivity index (χ4n) is 2.92. The third-order valence-corrected chi connectivity index (χ3v) is 5.56. The second-order valence-electron chi connectivity index (χ2n) is 5.73. The van der Waals surface area contributed by atoms with Gasteiger partial charge in [0, 0.05) is 51.0 Å². The van der Waals surface area contributed by atoms with Crippen LogP contribution in [0.1, 0.15) is 0 Å². The molecule has 2 saturated heterocycles. The van der Waals surface area contributed by atoms with Crippen molar-refractivity contribution >= 4 is 15.7 Å². The van der Waals surface area contributed by atoms with Crippen molar-refractivity contribution in [2.45, 2.75) is 6.04 Å². The molecule has 1 aromatic carbocycles. The number of benzene rings is 1. The zero-order valence-corrected chi connectivity index (χ0v) is 12.9. The first-order valence-corrected chi connectivity index (χ1v) is 8.98. The molecule has 21 heavy (non-hydrogen) atoms. The van der Waals surface area contributed by atoms with Gasteiger partial charge in [-0.25, -0.2) is 12.8 Å². The van der Waals surface area contributed by atoms with Crippen LogP contribution in [0.3, 0.4) is 0 Å². The van der Waals surface area contributed by atoms with E-state index in [2.05, 4.69) is 9.80 Å². The Balaban J connectivity index is 1.51. The zero-order chi connectivity index (χ0) is 15.0. The Hall–Kier alpha value is -1.18. The van der Waals surface area contributed by atoms with Crippen LogP contribution < -0.4 is 4.90 Å². The van der Waals surface area contributed by atoms with Gasteiger partial charge >= 0.3 is 0 Å². The lowest BCUT2D eigenvalue weighted by Gasteiger charge is -2.47. The lowest BCUT2D eigenvalue weighted by Crippen LogP contribution is -2.64. The molecule has 2 fully saturated rings. The van der Waals surface area contributed by atoms with Crippen LogP contribution in [0.15, 0.2) is 24.3 Å². The second-order valence-corrected chi connectivity index (χ2v) is 7.72. The van der Waals surface area contributed by atoms with Crippen molar-refractivity contribution in [1.82, 2.24) is 9.21 Å². The summed E-state index contributed by atoms with van der Waals surface area (Å²) in [7, 11) is -3.03. The topological polar surface area (TPSA) is 43.9 Å². The standard InChI is InChI=1S/C14H20FN3O2S/c1-21(19,20)18-10-14(11-18)17-8-6-16(7-9-17)13-4-2-12(15)3-5-13/h2-5,14H,6-11H2,1H3. The lowest BCUT2D eigenvalue weighted by molar-refractivity contribution is 0.0833. The molecule has 5 nitrogen and oxygen atoms in total. The van der Waals surface area contributed by atoms with Gasteiger partial charge in [-0.05, 0) is 24.3 Å². The minimum Gasteiger partial charge on any atom is -0.369 e. The number of piperazine rings is 1. The van der Waals surface area contributed by atoms with E-state index in [0.29, 0.717) is 19.1 Å². The number of anilines is 1. The lowest BCUT2D eigenvalue weighted by atomic mass is 10.1. The molecule has 116 valence electrons. The first kappa shape index (κ1) is 14.7.